The van der Waals surface area contributed by atoms with Gasteiger partial charge in [-0.1, -0.05) is 18.2 Å². The maximum Gasteiger partial charge on any atom is 0.270 e. The second kappa shape index (κ2) is 3.58. The zero-order valence-corrected chi connectivity index (χ0v) is 8.53. The van der Waals surface area contributed by atoms with E-state index >= 15 is 0 Å². The summed E-state index contributed by atoms with van der Waals surface area (Å²) >= 11 is 0. The minimum absolute atomic E-state index is 0.0799. The number of nitrogens with two attached hydrogens (primary N) is 1. The Kier molecular flexibility index (Phi) is 2.39. The van der Waals surface area contributed by atoms with Gasteiger partial charge in [0, 0.05) is 5.39 Å². The van der Waals surface area contributed by atoms with Crippen molar-refractivity contribution in [2.75, 3.05) is 0 Å². The maximum atomic E-state index is 11.3. The Hall–Kier alpha value is -1.50. The van der Waals surface area contributed by atoms with Gasteiger partial charge in [-0.05, 0) is 18.2 Å². The first-order valence-corrected chi connectivity index (χ1v) is 5.70. The Labute approximate surface area is 87.0 Å². The fraction of sp³-hybridized carbons (Fsp3) is 0. The number of benzene rings is 1. The van der Waals surface area contributed by atoms with Crippen molar-refractivity contribution in [3.05, 3.63) is 36.4 Å². The summed E-state index contributed by atoms with van der Waals surface area (Å²) in [6.45, 7) is 0. The van der Waals surface area contributed by atoms with Crippen molar-refractivity contribution in [3.63, 3.8) is 0 Å². The lowest BCUT2D eigenvalue weighted by molar-refractivity contribution is 0.581. The van der Waals surface area contributed by atoms with E-state index in [1.54, 1.807) is 23.0 Å². The van der Waals surface area contributed by atoms with Crippen molar-refractivity contribution in [2.24, 2.45) is 5.84 Å². The van der Waals surface area contributed by atoms with Crippen LogP contribution in [-0.4, -0.2) is 13.4 Å². The number of hydrogen-bond acceptors (Lipinski definition) is 4. The molecule has 0 aliphatic rings. The normalized spacial score (nSPS) is 11.8. The molecule has 0 radical (unpaired) electrons. The van der Waals surface area contributed by atoms with Gasteiger partial charge in [0.2, 0.25) is 0 Å². The maximum absolute atomic E-state index is 11.3. The fourth-order valence-corrected chi connectivity index (χ4v) is 1.84. The molecule has 0 saturated heterocycles. The van der Waals surface area contributed by atoms with Gasteiger partial charge in [0.05, 0.1) is 5.52 Å². The topological polar surface area (TPSA) is 85.1 Å². The minimum Gasteiger partial charge on any atom is -0.257 e. The van der Waals surface area contributed by atoms with E-state index in [1.807, 2.05) is 12.1 Å². The van der Waals surface area contributed by atoms with Gasteiger partial charge in [0.1, 0.15) is 0 Å². The Bertz CT molecular complexity index is 595. The molecule has 0 aliphatic heterocycles. The molecule has 0 spiro atoms. The van der Waals surface area contributed by atoms with Crippen molar-refractivity contribution in [2.45, 2.75) is 5.03 Å². The first-order chi connectivity index (χ1) is 7.13. The van der Waals surface area contributed by atoms with Crippen LogP contribution in [0.3, 0.4) is 0 Å². The van der Waals surface area contributed by atoms with Crippen LogP contribution in [0.15, 0.2) is 41.4 Å². The van der Waals surface area contributed by atoms with E-state index in [9.17, 15) is 8.42 Å². The molecular formula is C9H9N3O2S. The molecule has 6 heteroatoms. The monoisotopic (exact) mass is 223 g/mol. The van der Waals surface area contributed by atoms with Crippen molar-refractivity contribution >= 4 is 20.9 Å². The molecule has 2 aromatic rings. The summed E-state index contributed by atoms with van der Waals surface area (Å²) in [5.41, 5.74) is 0.619. The van der Waals surface area contributed by atoms with E-state index in [1.165, 1.54) is 6.07 Å². The van der Waals surface area contributed by atoms with Crippen molar-refractivity contribution in [1.29, 1.82) is 0 Å². The quantitative estimate of drug-likeness (QED) is 0.569. The minimum atomic E-state index is -3.67. The zero-order chi connectivity index (χ0) is 10.9. The van der Waals surface area contributed by atoms with Crippen LogP contribution in [-0.2, 0) is 10.0 Å². The molecule has 0 amide bonds. The number of para-hydroxylation sites is 1. The molecule has 1 heterocycles. The zero-order valence-electron chi connectivity index (χ0n) is 7.71. The summed E-state index contributed by atoms with van der Waals surface area (Å²) in [6.07, 6.45) is 0. The number of rotatable bonds is 2. The lowest BCUT2D eigenvalue weighted by Crippen LogP contribution is -2.30. The third-order valence-corrected chi connectivity index (χ3v) is 3.09. The van der Waals surface area contributed by atoms with Gasteiger partial charge < -0.3 is 0 Å². The van der Waals surface area contributed by atoms with Gasteiger partial charge in [-0.2, -0.15) is 0 Å². The van der Waals surface area contributed by atoms with Crippen LogP contribution in [0.25, 0.3) is 10.9 Å². The van der Waals surface area contributed by atoms with Crippen LogP contribution in [0.4, 0.5) is 0 Å². The highest BCUT2D eigenvalue weighted by atomic mass is 32.2. The summed E-state index contributed by atoms with van der Waals surface area (Å²) in [5, 5.41) is 0.803. The molecule has 15 heavy (non-hydrogen) atoms. The van der Waals surface area contributed by atoms with E-state index in [-0.39, 0.29) is 5.03 Å². The molecule has 1 aromatic heterocycles. The highest BCUT2D eigenvalue weighted by molar-refractivity contribution is 7.89. The Balaban J connectivity index is 2.67. The predicted octanol–water partition coefficient (Wildman–Crippen LogP) is 0.387. The molecule has 2 rings (SSSR count). The molecule has 0 aliphatic carbocycles. The Morgan fingerprint density at radius 2 is 1.87 bits per heavy atom. The van der Waals surface area contributed by atoms with E-state index in [0.717, 1.165) is 5.39 Å². The summed E-state index contributed by atoms with van der Waals surface area (Å²) < 4.78 is 22.7. The molecule has 0 bridgehead atoms. The average molecular weight is 223 g/mol. The van der Waals surface area contributed by atoms with Crippen LogP contribution >= 0.6 is 0 Å². The van der Waals surface area contributed by atoms with Gasteiger partial charge in [0.15, 0.2) is 5.03 Å². The summed E-state index contributed by atoms with van der Waals surface area (Å²) in [5.74, 6) is 4.90. The standard InChI is InChI=1S/C9H9N3O2S/c10-12-15(13,14)9-6-5-7-3-1-2-4-8(7)11-9/h1-6,12H,10H2. The summed E-state index contributed by atoms with van der Waals surface area (Å²) in [4.78, 5) is 5.72. The number of fused-ring (bicyclic) bond motifs is 1. The number of hydrazine groups is 1. The molecule has 3 N–H and O–H groups in total. The molecule has 1 aromatic carbocycles. The van der Waals surface area contributed by atoms with Crippen LogP contribution in [0, 0.1) is 0 Å². The van der Waals surface area contributed by atoms with Crippen LogP contribution in [0.2, 0.25) is 0 Å². The second-order valence-corrected chi connectivity index (χ2v) is 4.62. The summed E-state index contributed by atoms with van der Waals surface area (Å²) in [7, 11) is -3.67. The molecule has 78 valence electrons. The average Bonchev–Trinajstić information content (AvgIpc) is 2.28. The number of aromatic nitrogens is 1. The highest BCUT2D eigenvalue weighted by Gasteiger charge is 2.13. The van der Waals surface area contributed by atoms with Crippen LogP contribution < -0.4 is 10.7 Å². The van der Waals surface area contributed by atoms with Gasteiger partial charge in [0.25, 0.3) is 10.0 Å². The van der Waals surface area contributed by atoms with Gasteiger partial charge in [-0.25, -0.2) is 13.4 Å². The number of pyridine rings is 1. The highest BCUT2D eigenvalue weighted by Crippen LogP contribution is 2.14. The van der Waals surface area contributed by atoms with Crippen molar-refractivity contribution in [3.8, 4) is 0 Å². The van der Waals surface area contributed by atoms with E-state index in [2.05, 4.69) is 4.98 Å². The number of nitrogens with zero attached hydrogens (tertiary/aromatic N) is 1. The first kappa shape index (κ1) is 10.0. The van der Waals surface area contributed by atoms with Crippen molar-refractivity contribution < 1.29 is 8.42 Å². The lowest BCUT2D eigenvalue weighted by atomic mass is 10.2. The number of nitrogens with one attached hydrogen (secondary N) is 1. The molecule has 5 nitrogen and oxygen atoms in total. The molecule has 0 atom stereocenters. The Morgan fingerprint density at radius 3 is 2.60 bits per heavy atom. The molecule has 0 unspecified atom stereocenters. The van der Waals surface area contributed by atoms with Crippen LogP contribution in [0.5, 0.6) is 0 Å². The fourth-order valence-electron chi connectivity index (χ4n) is 1.26. The van der Waals surface area contributed by atoms with E-state index in [0.29, 0.717) is 5.52 Å². The van der Waals surface area contributed by atoms with Crippen molar-refractivity contribution in [1.82, 2.24) is 9.82 Å². The van der Waals surface area contributed by atoms with Gasteiger partial charge in [-0.3, -0.25) is 5.84 Å². The molecular weight excluding hydrogens is 214 g/mol. The van der Waals surface area contributed by atoms with Crippen LogP contribution in [0.1, 0.15) is 0 Å². The smallest absolute Gasteiger partial charge is 0.257 e. The lowest BCUT2D eigenvalue weighted by Gasteiger charge is -2.02. The predicted molar refractivity (Wildman–Crippen MR) is 56.3 cm³/mol. The SMILES string of the molecule is NNS(=O)(=O)c1ccc2ccccc2n1. The largest absolute Gasteiger partial charge is 0.270 e. The van der Waals surface area contributed by atoms with E-state index < -0.39 is 10.0 Å². The Morgan fingerprint density at radius 1 is 1.13 bits per heavy atom. The number of hydrogen-bond donors (Lipinski definition) is 2. The first-order valence-electron chi connectivity index (χ1n) is 4.22. The van der Waals surface area contributed by atoms with Gasteiger partial charge in [-0.15, -0.1) is 4.83 Å². The number of sulfonamides is 1. The third-order valence-electron chi connectivity index (χ3n) is 2.00. The molecule has 0 fully saturated rings. The van der Waals surface area contributed by atoms with E-state index in [4.69, 9.17) is 5.84 Å². The molecule has 0 saturated carbocycles. The van der Waals surface area contributed by atoms with Gasteiger partial charge >= 0.3 is 0 Å². The summed E-state index contributed by atoms with van der Waals surface area (Å²) in [6, 6.07) is 10.4. The third kappa shape index (κ3) is 1.82. The second-order valence-electron chi connectivity index (χ2n) is 2.96.